The molecule has 0 atom stereocenters. The highest BCUT2D eigenvalue weighted by Gasteiger charge is 2.34. The minimum Gasteiger partial charge on any atom is -0.421 e. The number of hydrogen-bond acceptors (Lipinski definition) is 3. The third-order valence-electron chi connectivity index (χ3n) is 1.78. The van der Waals surface area contributed by atoms with Crippen LogP contribution in [0.1, 0.15) is 5.56 Å². The molecule has 0 unspecified atom stereocenters. The molecule has 0 radical (unpaired) electrons. The summed E-state index contributed by atoms with van der Waals surface area (Å²) in [6.07, 6.45) is 0. The van der Waals surface area contributed by atoms with Crippen molar-refractivity contribution < 1.29 is 13.7 Å². The Morgan fingerprint density at radius 1 is 1.33 bits per heavy atom. The summed E-state index contributed by atoms with van der Waals surface area (Å²) in [6, 6.07) is 7.16. The van der Waals surface area contributed by atoms with Gasteiger partial charge in [0.05, 0.1) is 0 Å². The van der Waals surface area contributed by atoms with Gasteiger partial charge >= 0.3 is 8.80 Å². The fourth-order valence-electron chi connectivity index (χ4n) is 1.05. The molecule has 1 rings (SSSR count). The Morgan fingerprint density at radius 3 is 2.42 bits per heavy atom. The average Bonchev–Trinajstić information content (AvgIpc) is 2.05. The van der Waals surface area contributed by atoms with Crippen molar-refractivity contribution in [3.63, 3.8) is 0 Å². The van der Waals surface area contributed by atoms with Gasteiger partial charge in [-0.25, -0.2) is 0 Å². The second kappa shape index (κ2) is 3.50. The summed E-state index contributed by atoms with van der Waals surface area (Å²) in [5.41, 5.74) is 0.866. The average molecular weight is 200 g/mol. The van der Waals surface area contributed by atoms with E-state index in [1.807, 2.05) is 19.1 Å². The van der Waals surface area contributed by atoms with E-state index >= 15 is 0 Å². The minimum atomic E-state index is -3.54. The van der Waals surface area contributed by atoms with Crippen LogP contribution < -0.4 is 5.19 Å². The lowest BCUT2D eigenvalue weighted by Gasteiger charge is -2.17. The van der Waals surface area contributed by atoms with Crippen LogP contribution in [0, 0.1) is 6.92 Å². The molecular formula is C7H12O3Si2. The first-order valence-corrected chi connectivity index (χ1v) is 6.26. The second-order valence-corrected chi connectivity index (χ2v) is 6.02. The molecule has 12 heavy (non-hydrogen) atoms. The Kier molecular flexibility index (Phi) is 2.81. The molecule has 1 aromatic rings. The maximum absolute atomic E-state index is 9.48. The van der Waals surface area contributed by atoms with E-state index in [9.17, 15) is 9.59 Å². The van der Waals surface area contributed by atoms with Crippen LogP contribution in [-0.2, 0) is 4.12 Å². The summed E-state index contributed by atoms with van der Waals surface area (Å²) in [4.78, 5) is 19.0. The molecule has 0 fully saturated rings. The molecule has 0 bridgehead atoms. The Labute approximate surface area is 75.5 Å². The lowest BCUT2D eigenvalue weighted by atomic mass is 10.2. The first kappa shape index (κ1) is 9.62. The van der Waals surface area contributed by atoms with Crippen molar-refractivity contribution in [2.24, 2.45) is 0 Å². The Balaban J connectivity index is 3.10. The summed E-state index contributed by atoms with van der Waals surface area (Å²) in [5, 5.41) is 0.542. The predicted octanol–water partition coefficient (Wildman–Crippen LogP) is -1.58. The van der Waals surface area contributed by atoms with Crippen molar-refractivity contribution in [1.82, 2.24) is 0 Å². The highest BCUT2D eigenvalue weighted by Crippen LogP contribution is 2.00. The molecular weight excluding hydrogens is 188 g/mol. The molecule has 0 amide bonds. The molecule has 1 aromatic carbocycles. The van der Waals surface area contributed by atoms with E-state index in [-0.39, 0.29) is 0 Å². The normalized spacial score (nSPS) is 11.9. The number of rotatable bonds is 2. The zero-order valence-corrected chi connectivity index (χ0v) is 10.1. The fourth-order valence-corrected chi connectivity index (χ4v) is 2.84. The van der Waals surface area contributed by atoms with Gasteiger partial charge in [0.15, 0.2) is 0 Å². The molecule has 0 aliphatic carbocycles. The van der Waals surface area contributed by atoms with Crippen LogP contribution in [0.4, 0.5) is 0 Å². The summed E-state index contributed by atoms with van der Waals surface area (Å²) in [6.45, 7) is 1.84. The Morgan fingerprint density at radius 2 is 1.92 bits per heavy atom. The number of hydrogen-bond donors (Lipinski definition) is 2. The zero-order chi connectivity index (χ0) is 9.19. The SMILES string of the molecule is Cc1ccccc1[Si](O)(O)O[SiH3]. The first-order chi connectivity index (χ1) is 5.58. The smallest absolute Gasteiger partial charge is 0.421 e. The van der Waals surface area contributed by atoms with Gasteiger partial charge in [0.1, 0.15) is 10.5 Å². The minimum absolute atomic E-state index is 0.342. The monoisotopic (exact) mass is 200 g/mol. The molecule has 0 heterocycles. The van der Waals surface area contributed by atoms with Crippen LogP contribution in [0.25, 0.3) is 0 Å². The van der Waals surface area contributed by atoms with Crippen molar-refractivity contribution in [3.05, 3.63) is 29.8 Å². The third kappa shape index (κ3) is 1.82. The molecule has 0 saturated carbocycles. The standard InChI is InChI=1S/C7H12O3Si2/c1-6-4-2-3-5-7(6)12(8,9)10-11/h2-5,8-9H,1,11H3. The van der Waals surface area contributed by atoms with Gasteiger partial charge in [-0.3, -0.25) is 0 Å². The van der Waals surface area contributed by atoms with E-state index in [1.54, 1.807) is 12.1 Å². The lowest BCUT2D eigenvalue weighted by molar-refractivity contribution is 0.270. The molecule has 66 valence electrons. The first-order valence-electron chi connectivity index (χ1n) is 3.64. The quantitative estimate of drug-likeness (QED) is 0.567. The molecule has 3 nitrogen and oxygen atoms in total. The fraction of sp³-hybridized carbons (Fsp3) is 0.143. The van der Waals surface area contributed by atoms with Crippen LogP contribution in [0.3, 0.4) is 0 Å². The highest BCUT2D eigenvalue weighted by molar-refractivity contribution is 6.75. The van der Waals surface area contributed by atoms with Gasteiger partial charge in [-0.2, -0.15) is 0 Å². The molecule has 0 aliphatic heterocycles. The number of benzene rings is 1. The van der Waals surface area contributed by atoms with Crippen molar-refractivity contribution >= 4 is 24.5 Å². The van der Waals surface area contributed by atoms with E-state index in [0.29, 0.717) is 15.7 Å². The summed E-state index contributed by atoms with van der Waals surface area (Å²) < 4.78 is 4.79. The molecule has 0 aromatic heterocycles. The largest absolute Gasteiger partial charge is 0.520 e. The van der Waals surface area contributed by atoms with Crippen LogP contribution in [0.2, 0.25) is 0 Å². The Hall–Kier alpha value is -0.466. The predicted molar refractivity (Wildman–Crippen MR) is 52.0 cm³/mol. The summed E-state index contributed by atoms with van der Waals surface area (Å²) >= 11 is 0. The third-order valence-corrected chi connectivity index (χ3v) is 5.32. The van der Waals surface area contributed by atoms with Crippen LogP contribution in [-0.4, -0.2) is 28.9 Å². The van der Waals surface area contributed by atoms with Gasteiger partial charge < -0.3 is 13.7 Å². The summed E-state index contributed by atoms with van der Waals surface area (Å²) in [7, 11) is -3.19. The van der Waals surface area contributed by atoms with Gasteiger partial charge in [0.25, 0.3) is 0 Å². The van der Waals surface area contributed by atoms with Crippen molar-refractivity contribution in [2.75, 3.05) is 0 Å². The maximum Gasteiger partial charge on any atom is 0.520 e. The van der Waals surface area contributed by atoms with Gasteiger partial charge in [0.2, 0.25) is 0 Å². The van der Waals surface area contributed by atoms with Crippen LogP contribution >= 0.6 is 0 Å². The van der Waals surface area contributed by atoms with Crippen molar-refractivity contribution in [1.29, 1.82) is 0 Å². The number of aryl methyl sites for hydroxylation is 1. The zero-order valence-electron chi connectivity index (χ0n) is 7.11. The van der Waals surface area contributed by atoms with Gasteiger partial charge in [-0.1, -0.05) is 24.3 Å². The highest BCUT2D eigenvalue weighted by atomic mass is 28.4. The molecule has 0 spiro atoms. The topological polar surface area (TPSA) is 49.7 Å². The van der Waals surface area contributed by atoms with E-state index in [1.165, 1.54) is 0 Å². The van der Waals surface area contributed by atoms with Gasteiger partial charge in [-0.05, 0) is 12.5 Å². The lowest BCUT2D eigenvalue weighted by Crippen LogP contribution is -2.52. The van der Waals surface area contributed by atoms with Crippen LogP contribution in [0.15, 0.2) is 24.3 Å². The van der Waals surface area contributed by atoms with Gasteiger partial charge in [0, 0.05) is 5.19 Å². The molecule has 0 aliphatic rings. The molecule has 2 N–H and O–H groups in total. The van der Waals surface area contributed by atoms with Crippen molar-refractivity contribution in [3.8, 4) is 0 Å². The van der Waals surface area contributed by atoms with E-state index in [2.05, 4.69) is 0 Å². The van der Waals surface area contributed by atoms with E-state index < -0.39 is 8.80 Å². The summed E-state index contributed by atoms with van der Waals surface area (Å²) in [5.74, 6) is 0. The van der Waals surface area contributed by atoms with E-state index in [0.717, 1.165) is 5.56 Å². The maximum atomic E-state index is 9.48. The van der Waals surface area contributed by atoms with Crippen molar-refractivity contribution in [2.45, 2.75) is 6.92 Å². The Bertz CT molecular complexity index is 275. The van der Waals surface area contributed by atoms with Gasteiger partial charge in [-0.15, -0.1) is 0 Å². The molecule has 0 saturated heterocycles. The molecule has 5 heteroatoms. The van der Waals surface area contributed by atoms with E-state index in [4.69, 9.17) is 4.12 Å². The second-order valence-electron chi connectivity index (χ2n) is 2.63. The van der Waals surface area contributed by atoms with Crippen LogP contribution in [0.5, 0.6) is 0 Å².